The monoisotopic (exact) mass is 370 g/mol. The minimum absolute atomic E-state index is 0.135. The lowest BCUT2D eigenvalue weighted by molar-refractivity contribution is 0.306. The summed E-state index contributed by atoms with van der Waals surface area (Å²) < 4.78 is 5.71. The lowest BCUT2D eigenvalue weighted by Gasteiger charge is -2.10. The van der Waals surface area contributed by atoms with Gasteiger partial charge in [-0.1, -0.05) is 53.0 Å². The van der Waals surface area contributed by atoms with Crippen molar-refractivity contribution in [2.24, 2.45) is 21.7 Å². The molecule has 0 spiro atoms. The maximum atomic E-state index is 6.27. The van der Waals surface area contributed by atoms with Crippen molar-refractivity contribution in [2.45, 2.75) is 6.61 Å². The number of ether oxygens (including phenoxy) is 1. The standard InChI is InChI=1S/C15H13Cl3N4O/c16-11-5-4-9(6-12(11)17)8-23-13-3-1-2-10(14(13)18)7-21-22-15(19)20/h1-7H,8H2,(H4,19,20,22)/b21-7+. The minimum atomic E-state index is -0.135. The molecule has 2 aromatic rings. The molecule has 0 aliphatic rings. The van der Waals surface area contributed by atoms with Gasteiger partial charge in [-0.3, -0.25) is 0 Å². The van der Waals surface area contributed by atoms with Crippen LogP contribution in [0.15, 0.2) is 46.6 Å². The SMILES string of the molecule is NC(N)=N/N=C/c1cccc(OCc2ccc(Cl)c(Cl)c2)c1Cl. The van der Waals surface area contributed by atoms with Crippen molar-refractivity contribution in [1.82, 2.24) is 0 Å². The Morgan fingerprint density at radius 1 is 1.09 bits per heavy atom. The zero-order valence-corrected chi connectivity index (χ0v) is 14.1. The van der Waals surface area contributed by atoms with Gasteiger partial charge < -0.3 is 16.2 Å². The lowest BCUT2D eigenvalue weighted by Crippen LogP contribution is -2.21. The van der Waals surface area contributed by atoms with Crippen molar-refractivity contribution in [1.29, 1.82) is 0 Å². The van der Waals surface area contributed by atoms with Crippen LogP contribution in [0, 0.1) is 0 Å². The Kier molecular flexibility index (Phi) is 6.10. The van der Waals surface area contributed by atoms with Crippen LogP contribution in [0.4, 0.5) is 0 Å². The van der Waals surface area contributed by atoms with Crippen molar-refractivity contribution in [3.8, 4) is 5.75 Å². The molecule has 120 valence electrons. The van der Waals surface area contributed by atoms with Gasteiger partial charge in [0.2, 0.25) is 5.96 Å². The Hall–Kier alpha value is -1.95. The molecule has 2 rings (SSSR count). The molecule has 0 aliphatic carbocycles. The van der Waals surface area contributed by atoms with E-state index in [1.807, 2.05) is 6.07 Å². The van der Waals surface area contributed by atoms with Crippen LogP contribution in [0.2, 0.25) is 15.1 Å². The summed E-state index contributed by atoms with van der Waals surface area (Å²) in [4.78, 5) is 0. The highest BCUT2D eigenvalue weighted by Crippen LogP contribution is 2.29. The fourth-order valence-corrected chi connectivity index (χ4v) is 2.24. The molecular formula is C15H13Cl3N4O. The Morgan fingerprint density at radius 3 is 2.57 bits per heavy atom. The van der Waals surface area contributed by atoms with E-state index >= 15 is 0 Å². The zero-order chi connectivity index (χ0) is 16.8. The molecule has 0 bridgehead atoms. The summed E-state index contributed by atoms with van der Waals surface area (Å²) in [5.41, 5.74) is 11.9. The van der Waals surface area contributed by atoms with Crippen molar-refractivity contribution < 1.29 is 4.74 Å². The van der Waals surface area contributed by atoms with Crippen LogP contribution in [-0.2, 0) is 6.61 Å². The molecule has 5 nitrogen and oxygen atoms in total. The second-order valence-electron chi connectivity index (χ2n) is 4.47. The topological polar surface area (TPSA) is 86.0 Å². The molecule has 23 heavy (non-hydrogen) atoms. The highest BCUT2D eigenvalue weighted by molar-refractivity contribution is 6.42. The first-order valence-electron chi connectivity index (χ1n) is 6.44. The van der Waals surface area contributed by atoms with E-state index in [9.17, 15) is 0 Å². The third kappa shape index (κ3) is 5.03. The van der Waals surface area contributed by atoms with Gasteiger partial charge in [0, 0.05) is 5.56 Å². The first-order chi connectivity index (χ1) is 11.0. The highest BCUT2D eigenvalue weighted by Gasteiger charge is 2.07. The predicted molar refractivity (Wildman–Crippen MR) is 95.6 cm³/mol. The van der Waals surface area contributed by atoms with E-state index in [0.29, 0.717) is 33.0 Å². The van der Waals surface area contributed by atoms with E-state index in [1.54, 1.807) is 30.3 Å². The van der Waals surface area contributed by atoms with Crippen LogP contribution >= 0.6 is 34.8 Å². The largest absolute Gasteiger partial charge is 0.487 e. The van der Waals surface area contributed by atoms with Crippen LogP contribution in [-0.4, -0.2) is 12.2 Å². The Labute approximate surface area is 148 Å². The fourth-order valence-electron chi connectivity index (χ4n) is 1.69. The molecule has 2 aromatic carbocycles. The summed E-state index contributed by atoms with van der Waals surface area (Å²) >= 11 is 18.1. The van der Waals surface area contributed by atoms with Gasteiger partial charge in [-0.05, 0) is 23.8 Å². The molecule has 0 fully saturated rings. The molecule has 8 heteroatoms. The number of nitrogens with two attached hydrogens (primary N) is 2. The maximum absolute atomic E-state index is 6.27. The Morgan fingerprint density at radius 2 is 1.87 bits per heavy atom. The van der Waals surface area contributed by atoms with Gasteiger partial charge in [-0.2, -0.15) is 5.10 Å². The summed E-state index contributed by atoms with van der Waals surface area (Å²) in [5.74, 6) is 0.371. The number of rotatable bonds is 5. The van der Waals surface area contributed by atoms with Crippen LogP contribution in [0.25, 0.3) is 0 Å². The average molecular weight is 372 g/mol. The first-order valence-corrected chi connectivity index (χ1v) is 7.58. The molecule has 0 aliphatic heterocycles. The molecule has 0 atom stereocenters. The van der Waals surface area contributed by atoms with E-state index in [1.165, 1.54) is 6.21 Å². The molecule has 0 saturated carbocycles. The number of hydrogen-bond acceptors (Lipinski definition) is 3. The summed E-state index contributed by atoms with van der Waals surface area (Å²) in [5, 5.41) is 8.61. The first kappa shape index (κ1) is 17.4. The van der Waals surface area contributed by atoms with Crippen LogP contribution < -0.4 is 16.2 Å². The van der Waals surface area contributed by atoms with Gasteiger partial charge in [0.25, 0.3) is 0 Å². The number of halogens is 3. The van der Waals surface area contributed by atoms with E-state index in [4.69, 9.17) is 51.0 Å². The molecule has 0 saturated heterocycles. The second-order valence-corrected chi connectivity index (χ2v) is 5.66. The number of benzene rings is 2. The average Bonchev–Trinajstić information content (AvgIpc) is 2.51. The molecule has 0 unspecified atom stereocenters. The van der Waals surface area contributed by atoms with E-state index < -0.39 is 0 Å². The van der Waals surface area contributed by atoms with E-state index in [-0.39, 0.29) is 5.96 Å². The summed E-state index contributed by atoms with van der Waals surface area (Å²) in [7, 11) is 0. The van der Waals surface area contributed by atoms with Gasteiger partial charge in [-0.25, -0.2) is 0 Å². The van der Waals surface area contributed by atoms with Gasteiger partial charge in [0.05, 0.1) is 21.3 Å². The second kappa shape index (κ2) is 8.06. The third-order valence-corrected chi connectivity index (χ3v) is 3.89. The van der Waals surface area contributed by atoms with E-state index in [0.717, 1.165) is 5.56 Å². The number of hydrogen-bond donors (Lipinski definition) is 2. The van der Waals surface area contributed by atoms with Crippen LogP contribution in [0.1, 0.15) is 11.1 Å². The molecule has 0 heterocycles. The lowest BCUT2D eigenvalue weighted by atomic mass is 10.2. The van der Waals surface area contributed by atoms with Crippen LogP contribution in [0.3, 0.4) is 0 Å². The summed E-state index contributed by atoms with van der Waals surface area (Å²) in [6.45, 7) is 0.297. The smallest absolute Gasteiger partial charge is 0.211 e. The molecular weight excluding hydrogens is 359 g/mol. The quantitative estimate of drug-likeness (QED) is 0.476. The number of guanidine groups is 1. The van der Waals surface area contributed by atoms with Crippen molar-refractivity contribution in [3.05, 3.63) is 62.6 Å². The normalized spacial score (nSPS) is 10.7. The molecule has 0 aromatic heterocycles. The third-order valence-electron chi connectivity index (χ3n) is 2.74. The van der Waals surface area contributed by atoms with Gasteiger partial charge >= 0.3 is 0 Å². The Balaban J connectivity index is 2.12. The molecule has 0 radical (unpaired) electrons. The Bertz CT molecular complexity index is 758. The van der Waals surface area contributed by atoms with Crippen molar-refractivity contribution in [2.75, 3.05) is 0 Å². The number of nitrogens with zero attached hydrogens (tertiary/aromatic N) is 2. The zero-order valence-electron chi connectivity index (χ0n) is 11.8. The maximum Gasteiger partial charge on any atom is 0.211 e. The molecule has 0 amide bonds. The molecule has 4 N–H and O–H groups in total. The van der Waals surface area contributed by atoms with Crippen LogP contribution in [0.5, 0.6) is 5.75 Å². The summed E-state index contributed by atoms with van der Waals surface area (Å²) in [6.07, 6.45) is 1.44. The summed E-state index contributed by atoms with van der Waals surface area (Å²) in [6, 6.07) is 10.6. The van der Waals surface area contributed by atoms with Gasteiger partial charge in [0.15, 0.2) is 0 Å². The van der Waals surface area contributed by atoms with Gasteiger partial charge in [-0.15, -0.1) is 5.10 Å². The van der Waals surface area contributed by atoms with E-state index in [2.05, 4.69) is 10.2 Å². The van der Waals surface area contributed by atoms with Crippen molar-refractivity contribution in [3.63, 3.8) is 0 Å². The fraction of sp³-hybridized carbons (Fsp3) is 0.0667. The minimum Gasteiger partial charge on any atom is -0.487 e. The predicted octanol–water partition coefficient (Wildman–Crippen LogP) is 3.83. The highest BCUT2D eigenvalue weighted by atomic mass is 35.5. The van der Waals surface area contributed by atoms with Gasteiger partial charge in [0.1, 0.15) is 12.4 Å². The van der Waals surface area contributed by atoms with Crippen molar-refractivity contribution >= 4 is 47.0 Å².